The minimum Gasteiger partial charge on any atom is -0.462 e. The van der Waals surface area contributed by atoms with Gasteiger partial charge in [-0.2, -0.15) is 0 Å². The molecule has 344 valence electrons. The molecule has 0 fully saturated rings. The first-order valence-corrected chi connectivity index (χ1v) is 26.2. The van der Waals surface area contributed by atoms with E-state index in [1.54, 1.807) is 0 Å². The van der Waals surface area contributed by atoms with Crippen LogP contribution in [0.2, 0.25) is 0 Å². The van der Waals surface area contributed by atoms with E-state index in [-0.39, 0.29) is 18.5 Å². The second-order valence-corrected chi connectivity index (χ2v) is 17.8. The highest BCUT2D eigenvalue weighted by atomic mass is 16.6. The second kappa shape index (κ2) is 50.0. The van der Waals surface area contributed by atoms with E-state index in [4.69, 9.17) is 14.2 Å². The Morgan fingerprint density at radius 2 is 0.672 bits per heavy atom. The van der Waals surface area contributed by atoms with Crippen LogP contribution >= 0.6 is 0 Å². The first-order valence-electron chi connectivity index (χ1n) is 26.2. The van der Waals surface area contributed by atoms with E-state index in [2.05, 4.69) is 32.9 Å². The highest BCUT2D eigenvalue weighted by Crippen LogP contribution is 2.16. The van der Waals surface area contributed by atoms with Gasteiger partial charge >= 0.3 is 11.9 Å². The van der Waals surface area contributed by atoms with Crippen molar-refractivity contribution in [1.29, 1.82) is 0 Å². The average Bonchev–Trinajstić information content (AvgIpc) is 3.22. The van der Waals surface area contributed by atoms with Gasteiger partial charge < -0.3 is 14.2 Å². The third kappa shape index (κ3) is 47.3. The van der Waals surface area contributed by atoms with Crippen LogP contribution in [-0.4, -0.2) is 37.9 Å². The smallest absolute Gasteiger partial charge is 0.306 e. The molecule has 58 heavy (non-hydrogen) atoms. The van der Waals surface area contributed by atoms with Gasteiger partial charge in [-0.05, 0) is 44.9 Å². The molecule has 0 aliphatic heterocycles. The van der Waals surface area contributed by atoms with Crippen molar-refractivity contribution in [1.82, 2.24) is 0 Å². The summed E-state index contributed by atoms with van der Waals surface area (Å²) in [5.41, 5.74) is 0. The maximum Gasteiger partial charge on any atom is 0.306 e. The topological polar surface area (TPSA) is 61.8 Å². The van der Waals surface area contributed by atoms with Gasteiger partial charge in [-0.25, -0.2) is 0 Å². The molecule has 5 nitrogen and oxygen atoms in total. The highest BCUT2D eigenvalue weighted by Gasteiger charge is 2.17. The molecule has 0 radical (unpaired) electrons. The zero-order chi connectivity index (χ0) is 42.1. The molecule has 1 atom stereocenters. The predicted octanol–water partition coefficient (Wildman–Crippen LogP) is 17.5. The summed E-state index contributed by atoms with van der Waals surface area (Å²) in [6.45, 7) is 7.86. The van der Waals surface area contributed by atoms with Crippen LogP contribution in [0.15, 0.2) is 12.2 Å². The number of unbranched alkanes of at least 4 members (excludes halogenated alkanes) is 36. The number of carbonyl (C=O) groups excluding carboxylic acids is 2. The van der Waals surface area contributed by atoms with E-state index < -0.39 is 6.10 Å². The maximum absolute atomic E-state index is 12.8. The van der Waals surface area contributed by atoms with E-state index in [1.807, 2.05) is 0 Å². The summed E-state index contributed by atoms with van der Waals surface area (Å²) in [4.78, 5) is 25.3. The van der Waals surface area contributed by atoms with Crippen molar-refractivity contribution in [3.8, 4) is 0 Å². The first kappa shape index (κ1) is 56.6. The number of esters is 2. The molecule has 5 heteroatoms. The first-order chi connectivity index (χ1) is 28.6. The molecule has 0 aromatic heterocycles. The van der Waals surface area contributed by atoms with Crippen LogP contribution in [0, 0.1) is 0 Å². The molecule has 0 amide bonds. The number of hydrogen-bond donors (Lipinski definition) is 0. The molecule has 0 bridgehead atoms. The molecule has 0 N–H and O–H groups in total. The van der Waals surface area contributed by atoms with Gasteiger partial charge in [0.1, 0.15) is 6.61 Å². The van der Waals surface area contributed by atoms with Gasteiger partial charge in [0.2, 0.25) is 0 Å². The Morgan fingerprint density at radius 1 is 0.362 bits per heavy atom. The summed E-state index contributed by atoms with van der Waals surface area (Å²) in [7, 11) is 0. The lowest BCUT2D eigenvalue weighted by molar-refractivity contribution is -0.163. The normalized spacial score (nSPS) is 12.1. The van der Waals surface area contributed by atoms with Crippen LogP contribution < -0.4 is 0 Å². The minimum atomic E-state index is -0.529. The van der Waals surface area contributed by atoms with Crippen molar-refractivity contribution in [2.75, 3.05) is 19.8 Å². The van der Waals surface area contributed by atoms with Crippen LogP contribution in [0.3, 0.4) is 0 Å². The molecule has 0 saturated heterocycles. The largest absolute Gasteiger partial charge is 0.462 e. The van der Waals surface area contributed by atoms with Gasteiger partial charge in [0, 0.05) is 19.4 Å². The molecule has 0 saturated carbocycles. The van der Waals surface area contributed by atoms with Crippen LogP contribution in [0.25, 0.3) is 0 Å². The minimum absolute atomic E-state index is 0.0911. The van der Waals surface area contributed by atoms with Crippen molar-refractivity contribution >= 4 is 11.9 Å². The zero-order valence-electron chi connectivity index (χ0n) is 39.6. The molecular formula is C53H102O5. The lowest BCUT2D eigenvalue weighted by Crippen LogP contribution is -2.30. The van der Waals surface area contributed by atoms with Gasteiger partial charge in [0.05, 0.1) is 6.61 Å². The summed E-state index contributed by atoms with van der Waals surface area (Å²) in [6, 6.07) is 0. The molecular weight excluding hydrogens is 717 g/mol. The summed E-state index contributed by atoms with van der Waals surface area (Å²) >= 11 is 0. The molecule has 0 aliphatic rings. The van der Waals surface area contributed by atoms with Crippen LogP contribution in [-0.2, 0) is 23.8 Å². The summed E-state index contributed by atoms with van der Waals surface area (Å²) in [5.74, 6) is -0.387. The SMILES string of the molecule is CCCCCC/C=C\CCCCCCCC(=O)OC(COCCCCCCCCCCCC)COC(=O)CCCCCCCCCCCCCCCCCCCCC. The molecule has 0 heterocycles. The van der Waals surface area contributed by atoms with Crippen molar-refractivity contribution in [2.45, 2.75) is 297 Å². The van der Waals surface area contributed by atoms with E-state index in [0.29, 0.717) is 26.1 Å². The van der Waals surface area contributed by atoms with Gasteiger partial charge in [-0.15, -0.1) is 0 Å². The Labute approximate surface area is 363 Å². The standard InChI is InChI=1S/C53H102O5/c1-4-7-10-13-16-19-22-24-25-26-27-28-29-31-32-34-37-40-43-46-52(54)57-50-51(49-56-48-45-42-39-36-21-18-15-12-9-6-3)58-53(55)47-44-41-38-35-33-30-23-20-17-14-11-8-5-2/h20,23,51H,4-19,21-22,24-50H2,1-3H3/b23-20-. The van der Waals surface area contributed by atoms with E-state index in [1.165, 1.54) is 212 Å². The Hall–Kier alpha value is -1.36. The fourth-order valence-corrected chi connectivity index (χ4v) is 7.86. The van der Waals surface area contributed by atoms with Gasteiger partial charge in [0.25, 0.3) is 0 Å². The molecule has 0 aliphatic carbocycles. The Morgan fingerprint density at radius 3 is 1.07 bits per heavy atom. The van der Waals surface area contributed by atoms with Crippen molar-refractivity contribution < 1.29 is 23.8 Å². The summed E-state index contributed by atoms with van der Waals surface area (Å²) in [5, 5.41) is 0. The van der Waals surface area contributed by atoms with E-state index in [0.717, 1.165) is 44.9 Å². The molecule has 1 unspecified atom stereocenters. The van der Waals surface area contributed by atoms with Gasteiger partial charge in [-0.1, -0.05) is 245 Å². The predicted molar refractivity (Wildman–Crippen MR) is 252 cm³/mol. The maximum atomic E-state index is 12.8. The number of ether oxygens (including phenoxy) is 3. The lowest BCUT2D eigenvalue weighted by Gasteiger charge is -2.18. The molecule has 0 aromatic rings. The molecule has 0 aromatic carbocycles. The van der Waals surface area contributed by atoms with Crippen LogP contribution in [0.4, 0.5) is 0 Å². The highest BCUT2D eigenvalue weighted by molar-refractivity contribution is 5.70. The average molecular weight is 819 g/mol. The summed E-state index contributed by atoms with van der Waals surface area (Å²) < 4.78 is 17.4. The zero-order valence-corrected chi connectivity index (χ0v) is 39.6. The number of rotatable bonds is 49. The monoisotopic (exact) mass is 819 g/mol. The van der Waals surface area contributed by atoms with Crippen LogP contribution in [0.1, 0.15) is 290 Å². The summed E-state index contributed by atoms with van der Waals surface area (Å²) in [6.07, 6.45) is 56.5. The van der Waals surface area contributed by atoms with Crippen LogP contribution in [0.5, 0.6) is 0 Å². The number of carbonyl (C=O) groups is 2. The van der Waals surface area contributed by atoms with Crippen molar-refractivity contribution in [3.05, 3.63) is 12.2 Å². The lowest BCUT2D eigenvalue weighted by atomic mass is 10.0. The van der Waals surface area contributed by atoms with E-state index >= 15 is 0 Å². The number of hydrogen-bond acceptors (Lipinski definition) is 5. The Bertz CT molecular complexity index is 840. The molecule has 0 spiro atoms. The Kier molecular flexibility index (Phi) is 48.8. The third-order valence-electron chi connectivity index (χ3n) is 11.8. The second-order valence-electron chi connectivity index (χ2n) is 17.8. The van der Waals surface area contributed by atoms with Crippen molar-refractivity contribution in [3.63, 3.8) is 0 Å². The number of allylic oxidation sites excluding steroid dienone is 2. The van der Waals surface area contributed by atoms with Crippen molar-refractivity contribution in [2.24, 2.45) is 0 Å². The Balaban J connectivity index is 4.12. The molecule has 0 rings (SSSR count). The van der Waals surface area contributed by atoms with E-state index in [9.17, 15) is 9.59 Å². The fourth-order valence-electron chi connectivity index (χ4n) is 7.86. The quantitative estimate of drug-likeness (QED) is 0.0348. The fraction of sp³-hybridized carbons (Fsp3) is 0.925. The van der Waals surface area contributed by atoms with Gasteiger partial charge in [0.15, 0.2) is 6.10 Å². The third-order valence-corrected chi connectivity index (χ3v) is 11.8. The van der Waals surface area contributed by atoms with Gasteiger partial charge in [-0.3, -0.25) is 9.59 Å².